The van der Waals surface area contributed by atoms with Gasteiger partial charge in [0.1, 0.15) is 6.33 Å². The Morgan fingerprint density at radius 3 is 2.52 bits per heavy atom. The van der Waals surface area contributed by atoms with E-state index in [9.17, 15) is 4.79 Å². The maximum absolute atomic E-state index is 12.4. The summed E-state index contributed by atoms with van der Waals surface area (Å²) in [4.78, 5) is 12.4. The van der Waals surface area contributed by atoms with Crippen LogP contribution < -0.4 is 10.1 Å². The zero-order chi connectivity index (χ0) is 17.8. The van der Waals surface area contributed by atoms with Gasteiger partial charge in [-0.15, -0.1) is 10.2 Å². The van der Waals surface area contributed by atoms with Gasteiger partial charge in [0.2, 0.25) is 0 Å². The fourth-order valence-electron chi connectivity index (χ4n) is 2.33. The van der Waals surface area contributed by atoms with Gasteiger partial charge in [-0.05, 0) is 24.3 Å². The van der Waals surface area contributed by atoms with Crippen LogP contribution in [0.5, 0.6) is 5.75 Å². The highest BCUT2D eigenvalue weighted by Gasteiger charge is 2.14. The minimum Gasteiger partial charge on any atom is -0.494 e. The number of hydrogen-bond donors (Lipinski definition) is 1. The van der Waals surface area contributed by atoms with E-state index in [1.807, 2.05) is 30.3 Å². The maximum atomic E-state index is 12.4. The van der Waals surface area contributed by atoms with E-state index < -0.39 is 0 Å². The van der Waals surface area contributed by atoms with E-state index in [1.54, 1.807) is 10.9 Å². The fourth-order valence-corrected chi connectivity index (χ4v) is 2.97. The Labute approximate surface area is 154 Å². The monoisotopic (exact) mass is 376 g/mol. The third kappa shape index (κ3) is 3.75. The highest BCUT2D eigenvalue weighted by atomic mass is 35.5. The molecule has 0 radical (unpaired) electrons. The second-order valence-corrected chi connectivity index (χ2v) is 5.92. The molecule has 3 rings (SSSR count). The van der Waals surface area contributed by atoms with Crippen LogP contribution in [0.25, 0.3) is 5.69 Å². The number of hydrogen-bond acceptors (Lipinski definition) is 4. The summed E-state index contributed by atoms with van der Waals surface area (Å²) in [7, 11) is 1.46. The van der Waals surface area contributed by atoms with Crippen LogP contribution in [0.3, 0.4) is 0 Å². The highest BCUT2D eigenvalue weighted by Crippen LogP contribution is 2.33. The van der Waals surface area contributed by atoms with Gasteiger partial charge < -0.3 is 10.1 Å². The van der Waals surface area contributed by atoms with E-state index in [0.29, 0.717) is 17.1 Å². The number of amides is 1. The predicted molar refractivity (Wildman–Crippen MR) is 95.5 cm³/mol. The Hall–Kier alpha value is -2.57. The molecule has 128 valence electrons. The van der Waals surface area contributed by atoms with Gasteiger partial charge in [-0.25, -0.2) is 0 Å². The van der Waals surface area contributed by atoms with E-state index in [4.69, 9.17) is 27.9 Å². The van der Waals surface area contributed by atoms with Crippen molar-refractivity contribution in [1.82, 2.24) is 20.1 Å². The Morgan fingerprint density at radius 1 is 1.20 bits per heavy atom. The van der Waals surface area contributed by atoms with Crippen LogP contribution in [0.1, 0.15) is 16.2 Å². The molecule has 0 atom stereocenters. The molecule has 1 N–H and O–H groups in total. The molecule has 0 saturated carbocycles. The molecule has 6 nitrogen and oxygen atoms in total. The van der Waals surface area contributed by atoms with Crippen LogP contribution in [0.2, 0.25) is 10.0 Å². The number of ether oxygens (including phenoxy) is 1. The van der Waals surface area contributed by atoms with Crippen molar-refractivity contribution in [3.05, 3.63) is 70.2 Å². The molecular formula is C17H14Cl2N4O2. The van der Waals surface area contributed by atoms with Crippen molar-refractivity contribution >= 4 is 29.1 Å². The molecule has 0 spiro atoms. The average molecular weight is 377 g/mol. The molecule has 1 aromatic heterocycles. The minimum absolute atomic E-state index is 0.203. The van der Waals surface area contributed by atoms with Crippen molar-refractivity contribution in [3.8, 4) is 11.4 Å². The lowest BCUT2D eigenvalue weighted by Crippen LogP contribution is -2.24. The van der Waals surface area contributed by atoms with Crippen molar-refractivity contribution in [2.45, 2.75) is 6.54 Å². The summed E-state index contributed by atoms with van der Waals surface area (Å²) < 4.78 is 6.88. The summed E-state index contributed by atoms with van der Waals surface area (Å²) in [6.07, 6.45) is 1.60. The Kier molecular flexibility index (Phi) is 5.21. The molecule has 0 fully saturated rings. The number of nitrogens with one attached hydrogen (secondary N) is 1. The third-order valence-corrected chi connectivity index (χ3v) is 4.09. The van der Waals surface area contributed by atoms with Gasteiger partial charge in [-0.1, -0.05) is 41.4 Å². The van der Waals surface area contributed by atoms with Gasteiger partial charge in [-0.3, -0.25) is 9.36 Å². The quantitative estimate of drug-likeness (QED) is 0.739. The molecule has 3 aromatic rings. The van der Waals surface area contributed by atoms with Crippen molar-refractivity contribution < 1.29 is 9.53 Å². The summed E-state index contributed by atoms with van der Waals surface area (Å²) >= 11 is 12.1. The molecule has 0 saturated heterocycles. The van der Waals surface area contributed by atoms with Crippen molar-refractivity contribution in [3.63, 3.8) is 0 Å². The van der Waals surface area contributed by atoms with E-state index in [-0.39, 0.29) is 22.5 Å². The van der Waals surface area contributed by atoms with Gasteiger partial charge in [0.15, 0.2) is 11.6 Å². The van der Waals surface area contributed by atoms with Gasteiger partial charge >= 0.3 is 0 Å². The average Bonchev–Trinajstić information content (AvgIpc) is 3.08. The molecule has 0 bridgehead atoms. The lowest BCUT2D eigenvalue weighted by molar-refractivity contribution is 0.0949. The lowest BCUT2D eigenvalue weighted by Gasteiger charge is -2.10. The van der Waals surface area contributed by atoms with Crippen molar-refractivity contribution in [2.75, 3.05) is 7.11 Å². The molecule has 0 aliphatic rings. The van der Waals surface area contributed by atoms with Crippen LogP contribution >= 0.6 is 23.2 Å². The molecule has 1 heterocycles. The zero-order valence-electron chi connectivity index (χ0n) is 13.2. The van der Waals surface area contributed by atoms with Crippen LogP contribution in [0.15, 0.2) is 48.8 Å². The van der Waals surface area contributed by atoms with E-state index in [0.717, 1.165) is 5.69 Å². The minimum atomic E-state index is -0.325. The van der Waals surface area contributed by atoms with Crippen molar-refractivity contribution in [1.29, 1.82) is 0 Å². The number of aromatic nitrogens is 3. The molecule has 2 aromatic carbocycles. The molecular weight excluding hydrogens is 363 g/mol. The number of halogens is 2. The summed E-state index contributed by atoms with van der Waals surface area (Å²) in [5.41, 5.74) is 1.24. The first kappa shape index (κ1) is 17.3. The SMILES string of the molecule is COc1c(Cl)cc(C(=O)NCc2nncn2-c2ccccc2)cc1Cl. The first-order valence-electron chi connectivity index (χ1n) is 7.35. The maximum Gasteiger partial charge on any atom is 0.251 e. The number of rotatable bonds is 5. The number of nitrogens with zero attached hydrogens (tertiary/aromatic N) is 3. The molecule has 0 aliphatic heterocycles. The van der Waals surface area contributed by atoms with Gasteiger partial charge in [0.05, 0.1) is 23.7 Å². The van der Waals surface area contributed by atoms with Gasteiger partial charge in [0, 0.05) is 11.3 Å². The highest BCUT2D eigenvalue weighted by molar-refractivity contribution is 6.37. The van der Waals surface area contributed by atoms with Crippen LogP contribution in [-0.4, -0.2) is 27.8 Å². The molecule has 8 heteroatoms. The summed E-state index contributed by atoms with van der Waals surface area (Å²) in [5.74, 6) is 0.614. The lowest BCUT2D eigenvalue weighted by atomic mass is 10.2. The largest absolute Gasteiger partial charge is 0.494 e. The first-order valence-corrected chi connectivity index (χ1v) is 8.11. The Morgan fingerprint density at radius 2 is 1.88 bits per heavy atom. The zero-order valence-corrected chi connectivity index (χ0v) is 14.8. The van der Waals surface area contributed by atoms with Crippen molar-refractivity contribution in [2.24, 2.45) is 0 Å². The van der Waals surface area contributed by atoms with E-state index in [2.05, 4.69) is 15.5 Å². The second-order valence-electron chi connectivity index (χ2n) is 5.11. The Balaban J connectivity index is 1.75. The summed E-state index contributed by atoms with van der Waals surface area (Å²) in [6, 6.07) is 12.6. The summed E-state index contributed by atoms with van der Waals surface area (Å²) in [6.45, 7) is 0.203. The Bertz CT molecular complexity index is 874. The molecule has 25 heavy (non-hydrogen) atoms. The molecule has 0 unspecified atom stereocenters. The number of methoxy groups -OCH3 is 1. The first-order chi connectivity index (χ1) is 12.1. The second kappa shape index (κ2) is 7.55. The van der Waals surface area contributed by atoms with Crippen LogP contribution in [0.4, 0.5) is 0 Å². The number of para-hydroxylation sites is 1. The fraction of sp³-hybridized carbons (Fsp3) is 0.118. The van der Waals surface area contributed by atoms with E-state index >= 15 is 0 Å². The third-order valence-electron chi connectivity index (χ3n) is 3.52. The van der Waals surface area contributed by atoms with Gasteiger partial charge in [0.25, 0.3) is 5.91 Å². The molecule has 1 amide bonds. The van der Waals surface area contributed by atoms with Crippen LogP contribution in [0, 0.1) is 0 Å². The topological polar surface area (TPSA) is 69.0 Å². The van der Waals surface area contributed by atoms with Gasteiger partial charge in [-0.2, -0.15) is 0 Å². The standard InChI is InChI=1S/C17H14Cl2N4O2/c1-25-16-13(18)7-11(8-14(16)19)17(24)20-9-15-22-21-10-23(15)12-5-3-2-4-6-12/h2-8,10H,9H2,1H3,(H,20,24). The predicted octanol–water partition coefficient (Wildman–Crippen LogP) is 3.51. The van der Waals surface area contributed by atoms with Crippen LogP contribution in [-0.2, 0) is 6.54 Å². The number of carbonyl (C=O) groups excluding carboxylic acids is 1. The van der Waals surface area contributed by atoms with E-state index in [1.165, 1.54) is 19.2 Å². The smallest absolute Gasteiger partial charge is 0.251 e. The number of carbonyl (C=O) groups is 1. The summed E-state index contributed by atoms with van der Waals surface area (Å²) in [5, 5.41) is 11.3. The number of benzene rings is 2. The molecule has 0 aliphatic carbocycles. The normalized spacial score (nSPS) is 10.5.